The lowest BCUT2D eigenvalue weighted by Crippen LogP contribution is -2.21. The number of aromatic hydroxyl groups is 1. The number of carbonyl (C=O) groups is 1. The normalized spacial score (nSPS) is 13.0. The van der Waals surface area contributed by atoms with Crippen molar-refractivity contribution >= 4 is 17.2 Å². The Morgan fingerprint density at radius 1 is 1.06 bits per heavy atom. The SMILES string of the molecule is O=C(Nc1cccc(O)c1)c1cc2nc3c(c(C(F)(F)F)n2n1)CCc1ccccc1-3. The van der Waals surface area contributed by atoms with E-state index in [1.807, 2.05) is 12.1 Å². The van der Waals surface area contributed by atoms with Gasteiger partial charge in [-0.05, 0) is 30.5 Å². The second-order valence-corrected chi connectivity index (χ2v) is 7.25. The molecule has 0 unspecified atom stereocenters. The molecular formula is C22H15F3N4O2. The molecule has 0 saturated heterocycles. The summed E-state index contributed by atoms with van der Waals surface area (Å²) in [6.07, 6.45) is -4.04. The number of amides is 1. The maximum absolute atomic E-state index is 14.1. The third kappa shape index (κ3) is 3.27. The summed E-state index contributed by atoms with van der Waals surface area (Å²) in [5.74, 6) is -0.761. The number of halogens is 3. The Kier molecular flexibility index (Phi) is 4.21. The van der Waals surface area contributed by atoms with Gasteiger partial charge < -0.3 is 10.4 Å². The third-order valence-corrected chi connectivity index (χ3v) is 5.22. The molecule has 1 aliphatic rings. The van der Waals surface area contributed by atoms with E-state index >= 15 is 0 Å². The standard InChI is InChI=1S/C22H15F3N4O2/c23-22(24,25)20-16-9-8-12-4-1-2-7-15(12)19(16)27-18-11-17(28-29(18)20)21(31)26-13-5-3-6-14(30)10-13/h1-7,10-11,30H,8-9H2,(H,26,31). The van der Waals surface area contributed by atoms with Gasteiger partial charge in [0.25, 0.3) is 5.91 Å². The zero-order valence-corrected chi connectivity index (χ0v) is 15.9. The summed E-state index contributed by atoms with van der Waals surface area (Å²) in [6, 6.07) is 14.3. The molecule has 1 aliphatic carbocycles. The van der Waals surface area contributed by atoms with Crippen LogP contribution in [-0.4, -0.2) is 25.6 Å². The molecule has 5 rings (SSSR count). The Morgan fingerprint density at radius 3 is 2.65 bits per heavy atom. The quantitative estimate of drug-likeness (QED) is 0.498. The Balaban J connectivity index is 1.66. The smallest absolute Gasteiger partial charge is 0.433 e. The molecule has 156 valence electrons. The van der Waals surface area contributed by atoms with Crippen molar-refractivity contribution < 1.29 is 23.1 Å². The molecule has 0 saturated carbocycles. The monoisotopic (exact) mass is 424 g/mol. The van der Waals surface area contributed by atoms with Crippen LogP contribution in [0.3, 0.4) is 0 Å². The lowest BCUT2D eigenvalue weighted by molar-refractivity contribution is -0.143. The van der Waals surface area contributed by atoms with Gasteiger partial charge >= 0.3 is 6.18 Å². The van der Waals surface area contributed by atoms with Crippen molar-refractivity contribution in [3.8, 4) is 17.0 Å². The van der Waals surface area contributed by atoms with Gasteiger partial charge in [0.1, 0.15) is 5.75 Å². The van der Waals surface area contributed by atoms with Crippen LogP contribution in [0.1, 0.15) is 27.3 Å². The average molecular weight is 424 g/mol. The predicted octanol–water partition coefficient (Wildman–Crippen LogP) is 4.47. The highest BCUT2D eigenvalue weighted by atomic mass is 19.4. The number of carbonyl (C=O) groups excluding carboxylic acids is 1. The summed E-state index contributed by atoms with van der Waals surface area (Å²) in [6.45, 7) is 0. The maximum atomic E-state index is 14.1. The first kappa shape index (κ1) is 19.1. The van der Waals surface area contributed by atoms with E-state index in [1.165, 1.54) is 24.3 Å². The molecule has 0 spiro atoms. The van der Waals surface area contributed by atoms with E-state index in [0.29, 0.717) is 22.2 Å². The number of nitrogens with zero attached hydrogens (tertiary/aromatic N) is 3. The van der Waals surface area contributed by atoms with E-state index < -0.39 is 17.8 Å². The van der Waals surface area contributed by atoms with E-state index in [1.54, 1.807) is 18.2 Å². The number of benzene rings is 2. The fourth-order valence-corrected chi connectivity index (χ4v) is 3.91. The number of hydrogen-bond donors (Lipinski definition) is 2. The minimum atomic E-state index is -4.68. The Morgan fingerprint density at radius 2 is 1.87 bits per heavy atom. The van der Waals surface area contributed by atoms with E-state index in [-0.39, 0.29) is 34.8 Å². The van der Waals surface area contributed by atoms with Gasteiger partial charge in [0, 0.05) is 28.9 Å². The molecule has 2 aromatic heterocycles. The second-order valence-electron chi connectivity index (χ2n) is 7.25. The molecule has 0 radical (unpaired) electrons. The number of hydrogen-bond acceptors (Lipinski definition) is 4. The first-order valence-corrected chi connectivity index (χ1v) is 9.50. The van der Waals surface area contributed by atoms with Crippen LogP contribution < -0.4 is 5.32 Å². The Bertz CT molecular complexity index is 1340. The average Bonchev–Trinajstić information content (AvgIpc) is 3.15. The molecule has 9 heteroatoms. The van der Waals surface area contributed by atoms with Crippen molar-refractivity contribution in [3.63, 3.8) is 0 Å². The van der Waals surface area contributed by atoms with E-state index in [4.69, 9.17) is 0 Å². The van der Waals surface area contributed by atoms with Gasteiger partial charge in [-0.15, -0.1) is 0 Å². The highest BCUT2D eigenvalue weighted by Crippen LogP contribution is 2.40. The van der Waals surface area contributed by atoms with Crippen molar-refractivity contribution in [1.29, 1.82) is 0 Å². The van der Waals surface area contributed by atoms with Crippen LogP contribution in [0.2, 0.25) is 0 Å². The summed E-state index contributed by atoms with van der Waals surface area (Å²) >= 11 is 0. The Hall–Kier alpha value is -3.88. The fourth-order valence-electron chi connectivity index (χ4n) is 3.91. The van der Waals surface area contributed by atoms with Crippen LogP contribution in [0, 0.1) is 0 Å². The first-order valence-electron chi connectivity index (χ1n) is 9.50. The van der Waals surface area contributed by atoms with Crippen molar-refractivity contribution in [1.82, 2.24) is 14.6 Å². The van der Waals surface area contributed by atoms with Gasteiger partial charge in [-0.2, -0.15) is 18.3 Å². The number of phenols is 1. The molecule has 0 atom stereocenters. The summed E-state index contributed by atoms with van der Waals surface area (Å²) in [5.41, 5.74) is 1.02. The maximum Gasteiger partial charge on any atom is 0.433 e. The summed E-state index contributed by atoms with van der Waals surface area (Å²) in [4.78, 5) is 17.0. The zero-order valence-electron chi connectivity index (χ0n) is 15.9. The number of phenolic OH excluding ortho intramolecular Hbond substituents is 1. The van der Waals surface area contributed by atoms with Gasteiger partial charge in [0.2, 0.25) is 0 Å². The molecule has 4 aromatic rings. The summed E-state index contributed by atoms with van der Waals surface area (Å²) in [7, 11) is 0. The number of rotatable bonds is 2. The third-order valence-electron chi connectivity index (χ3n) is 5.22. The van der Waals surface area contributed by atoms with Crippen molar-refractivity contribution in [2.24, 2.45) is 0 Å². The molecule has 6 nitrogen and oxygen atoms in total. The molecular weight excluding hydrogens is 409 g/mol. The van der Waals surface area contributed by atoms with Gasteiger partial charge in [0.05, 0.1) is 5.69 Å². The molecule has 0 aliphatic heterocycles. The minimum Gasteiger partial charge on any atom is -0.508 e. The lowest BCUT2D eigenvalue weighted by atomic mass is 9.88. The van der Waals surface area contributed by atoms with Crippen molar-refractivity contribution in [2.45, 2.75) is 19.0 Å². The summed E-state index contributed by atoms with van der Waals surface area (Å²) < 4.78 is 42.9. The number of anilines is 1. The van der Waals surface area contributed by atoms with E-state index in [0.717, 1.165) is 5.56 Å². The Labute approximate surface area is 174 Å². The number of aryl methyl sites for hydroxylation is 1. The highest BCUT2D eigenvalue weighted by molar-refractivity contribution is 6.03. The molecule has 31 heavy (non-hydrogen) atoms. The number of alkyl halides is 3. The highest BCUT2D eigenvalue weighted by Gasteiger charge is 2.40. The van der Waals surface area contributed by atoms with E-state index in [2.05, 4.69) is 15.4 Å². The fraction of sp³-hybridized carbons (Fsp3) is 0.136. The van der Waals surface area contributed by atoms with Crippen LogP contribution in [0.15, 0.2) is 54.6 Å². The summed E-state index contributed by atoms with van der Waals surface area (Å²) in [5, 5.41) is 16.0. The van der Waals surface area contributed by atoms with Crippen LogP contribution in [0.25, 0.3) is 16.9 Å². The first-order chi connectivity index (χ1) is 14.8. The van der Waals surface area contributed by atoms with Crippen molar-refractivity contribution in [2.75, 3.05) is 5.32 Å². The van der Waals surface area contributed by atoms with Crippen LogP contribution in [0.4, 0.5) is 18.9 Å². The molecule has 1 amide bonds. The molecule has 2 heterocycles. The van der Waals surface area contributed by atoms with Crippen LogP contribution >= 0.6 is 0 Å². The molecule has 2 aromatic carbocycles. The van der Waals surface area contributed by atoms with E-state index in [9.17, 15) is 23.1 Å². The second kappa shape index (κ2) is 6.83. The largest absolute Gasteiger partial charge is 0.508 e. The number of nitrogens with one attached hydrogen (secondary N) is 1. The van der Waals surface area contributed by atoms with Gasteiger partial charge in [-0.1, -0.05) is 30.3 Å². The lowest BCUT2D eigenvalue weighted by Gasteiger charge is -2.23. The minimum absolute atomic E-state index is 0.0554. The van der Waals surface area contributed by atoms with Crippen LogP contribution in [-0.2, 0) is 19.0 Å². The topological polar surface area (TPSA) is 79.5 Å². The number of fused-ring (bicyclic) bond motifs is 4. The molecule has 2 N–H and O–H groups in total. The van der Waals surface area contributed by atoms with Gasteiger partial charge in [-0.3, -0.25) is 4.79 Å². The number of aromatic nitrogens is 3. The zero-order chi connectivity index (χ0) is 21.8. The predicted molar refractivity (Wildman–Crippen MR) is 107 cm³/mol. The van der Waals surface area contributed by atoms with Gasteiger partial charge in [-0.25, -0.2) is 9.50 Å². The van der Waals surface area contributed by atoms with Crippen LogP contribution in [0.5, 0.6) is 5.75 Å². The molecule has 0 bridgehead atoms. The van der Waals surface area contributed by atoms with Gasteiger partial charge in [0.15, 0.2) is 17.0 Å². The van der Waals surface area contributed by atoms with Crippen molar-refractivity contribution in [3.05, 3.63) is 77.1 Å². The molecule has 0 fully saturated rings.